The molecule has 0 aromatic carbocycles. The summed E-state index contributed by atoms with van der Waals surface area (Å²) in [5, 5.41) is 8.44. The predicted molar refractivity (Wildman–Crippen MR) is 136 cm³/mol. The van der Waals surface area contributed by atoms with E-state index in [0.717, 1.165) is 12.8 Å². The van der Waals surface area contributed by atoms with E-state index in [1.807, 2.05) is 0 Å². The Morgan fingerprint density at radius 2 is 1.44 bits per heavy atom. The second-order valence-corrected chi connectivity index (χ2v) is 13.7. The van der Waals surface area contributed by atoms with Crippen LogP contribution in [0.2, 0.25) is 0 Å². The molecule has 0 saturated carbocycles. The molecule has 196 valence electrons. The van der Waals surface area contributed by atoms with Crippen LogP contribution in [0.5, 0.6) is 0 Å². The third-order valence-corrected chi connectivity index (χ3v) is 11.7. The van der Waals surface area contributed by atoms with Crippen molar-refractivity contribution in [3.8, 4) is 0 Å². The maximum absolute atomic E-state index is 14.0. The Labute approximate surface area is 205 Å². The topological polar surface area (TPSA) is 102 Å². The minimum atomic E-state index is -3.94. The highest BCUT2D eigenvalue weighted by Crippen LogP contribution is 2.78. The van der Waals surface area contributed by atoms with Crippen LogP contribution in [-0.4, -0.2) is 46.3 Å². The molecule has 0 aliphatic rings. The molecule has 9 nitrogen and oxygen atoms in total. The molecular formula is C23H43N3O6P2. The Balaban J connectivity index is 3.25. The molecule has 34 heavy (non-hydrogen) atoms. The van der Waals surface area contributed by atoms with E-state index in [9.17, 15) is 9.13 Å². The summed E-state index contributed by atoms with van der Waals surface area (Å²) in [5.41, 5.74) is 3.07. The van der Waals surface area contributed by atoms with E-state index in [1.165, 1.54) is 11.1 Å². The quantitative estimate of drug-likeness (QED) is 0.164. The molecule has 0 aliphatic carbocycles. The lowest BCUT2D eigenvalue weighted by atomic mass is 10.1. The summed E-state index contributed by atoms with van der Waals surface area (Å²) >= 11 is 0. The van der Waals surface area contributed by atoms with Gasteiger partial charge < -0.3 is 18.1 Å². The van der Waals surface area contributed by atoms with Gasteiger partial charge in [-0.05, 0) is 68.2 Å². The maximum atomic E-state index is 14.0. The first-order valence-corrected chi connectivity index (χ1v) is 15.1. The average molecular weight is 520 g/mol. The molecule has 0 amide bonds. The lowest BCUT2D eigenvalue weighted by molar-refractivity contribution is 0.179. The molecule has 0 fully saturated rings. The summed E-state index contributed by atoms with van der Waals surface area (Å²) in [5.74, 6) is 0. The Hall–Kier alpha value is -1.08. The van der Waals surface area contributed by atoms with Gasteiger partial charge in [0, 0.05) is 12.6 Å². The lowest BCUT2D eigenvalue weighted by Crippen LogP contribution is -2.32. The molecule has 0 bridgehead atoms. The monoisotopic (exact) mass is 519 g/mol. The van der Waals surface area contributed by atoms with Crippen LogP contribution in [-0.2, 0) is 40.2 Å². The van der Waals surface area contributed by atoms with E-state index in [1.54, 1.807) is 45.5 Å². The Morgan fingerprint density at radius 1 is 0.941 bits per heavy atom. The summed E-state index contributed by atoms with van der Waals surface area (Å²) in [7, 11) is -7.88. The SMILES string of the molecule is CCOP(=O)(OCC)C(C)(Cc1cn(CC=C(C)CCC=C(C)C)nn1)P(=O)(OCC)OCC. The zero-order valence-corrected chi connectivity index (χ0v) is 23.9. The highest BCUT2D eigenvalue weighted by Gasteiger charge is 2.62. The summed E-state index contributed by atoms with van der Waals surface area (Å²) < 4.78 is 52.1. The smallest absolute Gasteiger partial charge is 0.308 e. The second kappa shape index (κ2) is 14.5. The highest BCUT2D eigenvalue weighted by molar-refractivity contribution is 7.74. The van der Waals surface area contributed by atoms with Crippen molar-refractivity contribution < 1.29 is 27.2 Å². The van der Waals surface area contributed by atoms with Gasteiger partial charge in [-0.15, -0.1) is 5.10 Å². The van der Waals surface area contributed by atoms with E-state index in [2.05, 4.69) is 43.2 Å². The number of aromatic nitrogens is 3. The third-order valence-electron chi connectivity index (χ3n) is 5.20. The van der Waals surface area contributed by atoms with Crippen LogP contribution in [0.1, 0.15) is 73.9 Å². The zero-order valence-electron chi connectivity index (χ0n) is 22.1. The molecule has 11 heteroatoms. The van der Waals surface area contributed by atoms with Crippen LogP contribution in [0.25, 0.3) is 0 Å². The van der Waals surface area contributed by atoms with Gasteiger partial charge in [0.05, 0.1) is 38.7 Å². The average Bonchev–Trinajstić information content (AvgIpc) is 3.19. The number of rotatable bonds is 17. The molecule has 0 spiro atoms. The molecule has 0 atom stereocenters. The van der Waals surface area contributed by atoms with Crippen molar-refractivity contribution in [1.29, 1.82) is 0 Å². The fourth-order valence-corrected chi connectivity index (χ4v) is 8.67. The summed E-state index contributed by atoms with van der Waals surface area (Å²) in [6.07, 6.45) is 8.04. The van der Waals surface area contributed by atoms with E-state index < -0.39 is 20.1 Å². The standard InChI is InChI=1S/C23H43N3O6P2/c1-9-29-33(27,30-10-2)23(8,34(28,31-11-3)32-12-4)18-22-19-26(25-24-22)17-16-21(7)15-13-14-20(5)6/h14,16,19H,9-13,15,17-18H2,1-8H3. The van der Waals surface area contributed by atoms with Gasteiger partial charge in [-0.25, -0.2) is 4.68 Å². The number of hydrogen-bond donors (Lipinski definition) is 0. The van der Waals surface area contributed by atoms with Gasteiger partial charge in [0.2, 0.25) is 0 Å². The molecule has 0 N–H and O–H groups in total. The normalized spacial score (nSPS) is 13.4. The molecule has 1 heterocycles. The minimum absolute atomic E-state index is 0.00910. The third kappa shape index (κ3) is 8.25. The molecule has 0 aliphatic heterocycles. The van der Waals surface area contributed by atoms with E-state index in [4.69, 9.17) is 18.1 Å². The van der Waals surface area contributed by atoms with Crippen molar-refractivity contribution in [2.24, 2.45) is 0 Å². The fourth-order valence-electron chi connectivity index (χ4n) is 3.45. The molecule has 0 saturated heterocycles. The summed E-state index contributed by atoms with van der Waals surface area (Å²) in [4.78, 5) is -1.60. The van der Waals surface area contributed by atoms with Crippen LogP contribution in [0.15, 0.2) is 29.5 Å². The van der Waals surface area contributed by atoms with Crippen molar-refractivity contribution in [2.45, 2.75) is 86.1 Å². The van der Waals surface area contributed by atoms with Crippen LogP contribution < -0.4 is 0 Å². The van der Waals surface area contributed by atoms with Crippen molar-refractivity contribution in [1.82, 2.24) is 15.0 Å². The van der Waals surface area contributed by atoms with Crippen LogP contribution in [0, 0.1) is 0 Å². The lowest BCUT2D eigenvalue weighted by Gasteiger charge is -2.39. The largest absolute Gasteiger partial charge is 0.348 e. The first-order valence-electron chi connectivity index (χ1n) is 12.0. The van der Waals surface area contributed by atoms with E-state index in [-0.39, 0.29) is 32.8 Å². The van der Waals surface area contributed by atoms with Gasteiger partial charge in [-0.2, -0.15) is 0 Å². The van der Waals surface area contributed by atoms with Gasteiger partial charge in [-0.3, -0.25) is 9.13 Å². The molecule has 1 aromatic rings. The number of hydrogen-bond acceptors (Lipinski definition) is 8. The number of nitrogens with zero attached hydrogens (tertiary/aromatic N) is 3. The molecule has 0 radical (unpaired) electrons. The Kier molecular flexibility index (Phi) is 13.2. The van der Waals surface area contributed by atoms with Crippen LogP contribution in [0.3, 0.4) is 0 Å². The molecule has 1 aromatic heterocycles. The van der Waals surface area contributed by atoms with E-state index in [0.29, 0.717) is 12.2 Å². The molecular weight excluding hydrogens is 476 g/mol. The second-order valence-electron chi connectivity index (χ2n) is 8.36. The number of allylic oxidation sites excluding steroid dienone is 4. The fraction of sp³-hybridized carbons (Fsp3) is 0.739. The maximum Gasteiger partial charge on any atom is 0.348 e. The van der Waals surface area contributed by atoms with Gasteiger partial charge in [-0.1, -0.05) is 28.5 Å². The van der Waals surface area contributed by atoms with Crippen molar-refractivity contribution in [3.63, 3.8) is 0 Å². The van der Waals surface area contributed by atoms with Crippen molar-refractivity contribution >= 4 is 15.2 Å². The Morgan fingerprint density at radius 3 is 1.88 bits per heavy atom. The van der Waals surface area contributed by atoms with Gasteiger partial charge >= 0.3 is 15.2 Å². The summed E-state index contributed by atoms with van der Waals surface area (Å²) in [6.45, 7) is 15.7. The first-order chi connectivity index (χ1) is 16.0. The molecule has 1 rings (SSSR count). The van der Waals surface area contributed by atoms with Crippen molar-refractivity contribution in [3.05, 3.63) is 35.2 Å². The van der Waals surface area contributed by atoms with Gasteiger partial charge in [0.15, 0.2) is 4.90 Å². The van der Waals surface area contributed by atoms with Gasteiger partial charge in [0.25, 0.3) is 0 Å². The van der Waals surface area contributed by atoms with Gasteiger partial charge in [0.1, 0.15) is 0 Å². The summed E-state index contributed by atoms with van der Waals surface area (Å²) in [6, 6.07) is 0. The highest BCUT2D eigenvalue weighted by atomic mass is 31.2. The minimum Gasteiger partial charge on any atom is -0.308 e. The van der Waals surface area contributed by atoms with E-state index >= 15 is 0 Å². The zero-order chi connectivity index (χ0) is 25.8. The van der Waals surface area contributed by atoms with Crippen LogP contribution >= 0.6 is 15.2 Å². The Bertz CT molecular complexity index is 858. The predicted octanol–water partition coefficient (Wildman–Crippen LogP) is 6.76. The van der Waals surface area contributed by atoms with Crippen LogP contribution in [0.4, 0.5) is 0 Å². The first kappa shape index (κ1) is 31.0. The molecule has 0 unspecified atom stereocenters. The van der Waals surface area contributed by atoms with Crippen molar-refractivity contribution in [2.75, 3.05) is 26.4 Å².